The SMILES string of the molecule is O=c1[nH]c(C2CCCN2c2ncc(Br)cn2)nc2ccccc12. The molecule has 2 aromatic heterocycles. The van der Waals surface area contributed by atoms with Gasteiger partial charge in [0.15, 0.2) is 0 Å². The maximum Gasteiger partial charge on any atom is 0.258 e. The maximum absolute atomic E-state index is 12.3. The molecule has 1 aromatic carbocycles. The average molecular weight is 372 g/mol. The van der Waals surface area contributed by atoms with Crippen LogP contribution < -0.4 is 10.5 Å². The molecule has 0 radical (unpaired) electrons. The van der Waals surface area contributed by atoms with Gasteiger partial charge < -0.3 is 9.88 Å². The number of anilines is 1. The zero-order chi connectivity index (χ0) is 15.8. The van der Waals surface area contributed by atoms with E-state index in [-0.39, 0.29) is 11.6 Å². The fraction of sp³-hybridized carbons (Fsp3) is 0.250. The number of benzene rings is 1. The molecule has 0 aliphatic carbocycles. The first kappa shape index (κ1) is 14.3. The molecule has 23 heavy (non-hydrogen) atoms. The van der Waals surface area contributed by atoms with E-state index in [0.717, 1.165) is 29.4 Å². The van der Waals surface area contributed by atoms with Crippen molar-refractivity contribution in [1.29, 1.82) is 0 Å². The fourth-order valence-electron chi connectivity index (χ4n) is 3.01. The zero-order valence-electron chi connectivity index (χ0n) is 12.2. The molecule has 1 aliphatic heterocycles. The molecule has 1 atom stereocenters. The molecule has 0 bridgehead atoms. The first-order valence-electron chi connectivity index (χ1n) is 7.45. The number of halogens is 1. The van der Waals surface area contributed by atoms with Gasteiger partial charge in [-0.3, -0.25) is 4.79 Å². The van der Waals surface area contributed by atoms with Crippen molar-refractivity contribution in [2.45, 2.75) is 18.9 Å². The minimum Gasteiger partial charge on any atom is -0.331 e. The Labute approximate surface area is 140 Å². The van der Waals surface area contributed by atoms with Crippen LogP contribution in [0, 0.1) is 0 Å². The lowest BCUT2D eigenvalue weighted by Gasteiger charge is -2.23. The smallest absolute Gasteiger partial charge is 0.258 e. The highest BCUT2D eigenvalue weighted by Gasteiger charge is 2.30. The van der Waals surface area contributed by atoms with E-state index in [1.165, 1.54) is 0 Å². The van der Waals surface area contributed by atoms with Gasteiger partial charge in [0.2, 0.25) is 5.95 Å². The van der Waals surface area contributed by atoms with Crippen molar-refractivity contribution in [3.05, 3.63) is 57.3 Å². The van der Waals surface area contributed by atoms with Crippen molar-refractivity contribution in [3.8, 4) is 0 Å². The van der Waals surface area contributed by atoms with Gasteiger partial charge in [-0.15, -0.1) is 0 Å². The van der Waals surface area contributed by atoms with Crippen LogP contribution >= 0.6 is 15.9 Å². The molecule has 1 saturated heterocycles. The van der Waals surface area contributed by atoms with Crippen LogP contribution in [-0.4, -0.2) is 26.5 Å². The number of hydrogen-bond donors (Lipinski definition) is 1. The molecule has 6 nitrogen and oxygen atoms in total. The van der Waals surface area contributed by atoms with Crippen LogP contribution in [0.15, 0.2) is 45.9 Å². The summed E-state index contributed by atoms with van der Waals surface area (Å²) < 4.78 is 0.842. The van der Waals surface area contributed by atoms with Crippen LogP contribution in [0.2, 0.25) is 0 Å². The second-order valence-electron chi connectivity index (χ2n) is 5.52. The number of aromatic nitrogens is 4. The third-order valence-electron chi connectivity index (χ3n) is 4.06. The van der Waals surface area contributed by atoms with Gasteiger partial charge in [-0.1, -0.05) is 12.1 Å². The van der Waals surface area contributed by atoms with E-state index in [1.807, 2.05) is 18.2 Å². The first-order valence-corrected chi connectivity index (χ1v) is 8.25. The van der Waals surface area contributed by atoms with Gasteiger partial charge in [0, 0.05) is 18.9 Å². The number of fused-ring (bicyclic) bond motifs is 1. The highest BCUT2D eigenvalue weighted by Crippen LogP contribution is 2.32. The van der Waals surface area contributed by atoms with E-state index in [0.29, 0.717) is 17.2 Å². The molecular formula is C16H14BrN5O. The number of H-pyrrole nitrogens is 1. The Hall–Kier alpha value is -2.28. The first-order chi connectivity index (χ1) is 11.2. The van der Waals surface area contributed by atoms with E-state index in [2.05, 4.69) is 40.8 Å². The average Bonchev–Trinajstić information content (AvgIpc) is 3.05. The van der Waals surface area contributed by atoms with E-state index in [1.54, 1.807) is 18.5 Å². The van der Waals surface area contributed by atoms with Crippen molar-refractivity contribution in [3.63, 3.8) is 0 Å². The van der Waals surface area contributed by atoms with Crippen molar-refractivity contribution < 1.29 is 0 Å². The summed E-state index contributed by atoms with van der Waals surface area (Å²) >= 11 is 3.35. The van der Waals surface area contributed by atoms with Crippen molar-refractivity contribution in [2.75, 3.05) is 11.4 Å². The molecule has 0 amide bonds. The van der Waals surface area contributed by atoms with Gasteiger partial charge in [-0.2, -0.15) is 0 Å². The topological polar surface area (TPSA) is 74.8 Å². The van der Waals surface area contributed by atoms with Gasteiger partial charge in [-0.25, -0.2) is 15.0 Å². The number of rotatable bonds is 2. The number of hydrogen-bond acceptors (Lipinski definition) is 5. The molecule has 7 heteroatoms. The minimum atomic E-state index is -0.103. The Morgan fingerprint density at radius 3 is 2.83 bits per heavy atom. The molecule has 0 spiro atoms. The standard InChI is InChI=1S/C16H14BrN5O/c17-10-8-18-16(19-9-10)22-7-3-6-13(22)14-20-12-5-2-1-4-11(12)15(23)21-14/h1-2,4-5,8-9,13H,3,6-7H2,(H,20,21,23). The number of nitrogens with zero attached hydrogens (tertiary/aromatic N) is 4. The van der Waals surface area contributed by atoms with Crippen molar-refractivity contribution in [2.24, 2.45) is 0 Å². The van der Waals surface area contributed by atoms with Crippen molar-refractivity contribution in [1.82, 2.24) is 19.9 Å². The molecule has 1 fully saturated rings. The summed E-state index contributed by atoms with van der Waals surface area (Å²) in [5.74, 6) is 1.34. The van der Waals surface area contributed by atoms with E-state index < -0.39 is 0 Å². The molecule has 1 unspecified atom stereocenters. The summed E-state index contributed by atoms with van der Waals surface area (Å²) in [6, 6.07) is 7.38. The lowest BCUT2D eigenvalue weighted by molar-refractivity contribution is 0.654. The van der Waals surface area contributed by atoms with Gasteiger partial charge in [0.05, 0.1) is 21.4 Å². The predicted molar refractivity (Wildman–Crippen MR) is 91.4 cm³/mol. The van der Waals surface area contributed by atoms with E-state index >= 15 is 0 Å². The van der Waals surface area contributed by atoms with Gasteiger partial charge >= 0.3 is 0 Å². The Morgan fingerprint density at radius 2 is 2.00 bits per heavy atom. The van der Waals surface area contributed by atoms with Crippen molar-refractivity contribution >= 4 is 32.8 Å². The van der Waals surface area contributed by atoms with Crippen LogP contribution in [0.1, 0.15) is 24.7 Å². The third-order valence-corrected chi connectivity index (χ3v) is 4.47. The van der Waals surface area contributed by atoms with Gasteiger partial charge in [0.1, 0.15) is 5.82 Å². The Balaban J connectivity index is 1.77. The molecule has 116 valence electrons. The normalized spacial score (nSPS) is 17.8. The van der Waals surface area contributed by atoms with E-state index in [9.17, 15) is 4.79 Å². The molecule has 3 aromatic rings. The Morgan fingerprint density at radius 1 is 1.22 bits per heavy atom. The lowest BCUT2D eigenvalue weighted by atomic mass is 10.2. The van der Waals surface area contributed by atoms with Crippen LogP contribution in [0.25, 0.3) is 10.9 Å². The minimum absolute atomic E-state index is 0.00604. The number of para-hydroxylation sites is 1. The highest BCUT2D eigenvalue weighted by molar-refractivity contribution is 9.10. The second-order valence-corrected chi connectivity index (χ2v) is 6.44. The van der Waals surface area contributed by atoms with Crippen LogP contribution in [0.4, 0.5) is 5.95 Å². The predicted octanol–water partition coefficient (Wildman–Crippen LogP) is 2.82. The fourth-order valence-corrected chi connectivity index (χ4v) is 3.21. The summed E-state index contributed by atoms with van der Waals surface area (Å²) in [4.78, 5) is 30.7. The third kappa shape index (κ3) is 2.61. The summed E-state index contributed by atoms with van der Waals surface area (Å²) in [7, 11) is 0. The summed E-state index contributed by atoms with van der Waals surface area (Å²) in [6.45, 7) is 0.850. The Bertz CT molecular complexity index is 908. The summed E-state index contributed by atoms with van der Waals surface area (Å²) in [6.07, 6.45) is 5.39. The Kier molecular flexibility index (Phi) is 3.57. The molecule has 1 aliphatic rings. The molecule has 4 rings (SSSR count). The summed E-state index contributed by atoms with van der Waals surface area (Å²) in [5, 5.41) is 0.612. The second kappa shape index (κ2) is 5.73. The lowest BCUT2D eigenvalue weighted by Crippen LogP contribution is -2.27. The molecule has 3 heterocycles. The molecule has 0 saturated carbocycles. The highest BCUT2D eigenvalue weighted by atomic mass is 79.9. The zero-order valence-corrected chi connectivity index (χ0v) is 13.8. The molecular weight excluding hydrogens is 358 g/mol. The van der Waals surface area contributed by atoms with Crippen LogP contribution in [0.3, 0.4) is 0 Å². The number of aromatic amines is 1. The van der Waals surface area contributed by atoms with Gasteiger partial charge in [-0.05, 0) is 40.9 Å². The van der Waals surface area contributed by atoms with Gasteiger partial charge in [0.25, 0.3) is 5.56 Å². The van der Waals surface area contributed by atoms with E-state index in [4.69, 9.17) is 0 Å². The van der Waals surface area contributed by atoms with Crippen LogP contribution in [0.5, 0.6) is 0 Å². The largest absolute Gasteiger partial charge is 0.331 e. The summed E-state index contributed by atoms with van der Waals surface area (Å²) in [5.41, 5.74) is 0.615. The number of nitrogens with one attached hydrogen (secondary N) is 1. The quantitative estimate of drug-likeness (QED) is 0.749. The van der Waals surface area contributed by atoms with Crippen LogP contribution in [-0.2, 0) is 0 Å². The maximum atomic E-state index is 12.3. The molecule has 1 N–H and O–H groups in total. The monoisotopic (exact) mass is 371 g/mol.